The second kappa shape index (κ2) is 5.54. The Hall–Kier alpha value is -1.02. The maximum absolute atomic E-state index is 12.1. The second-order valence-electron chi connectivity index (χ2n) is 4.52. The third-order valence-electron chi connectivity index (χ3n) is 3.24. The highest BCUT2D eigenvalue weighted by Gasteiger charge is 2.23. The van der Waals surface area contributed by atoms with Crippen molar-refractivity contribution < 1.29 is 4.79 Å². The Balaban J connectivity index is 2.25. The summed E-state index contributed by atoms with van der Waals surface area (Å²) in [4.78, 5) is 14.1. The largest absolute Gasteiger partial charge is 0.312 e. The molecular formula is C14H18ClNO. The van der Waals surface area contributed by atoms with Crippen LogP contribution >= 0.6 is 11.6 Å². The molecule has 1 amide bonds. The molecule has 0 radical (unpaired) electrons. The van der Waals surface area contributed by atoms with Crippen molar-refractivity contribution in [3.05, 3.63) is 29.3 Å². The molecule has 0 saturated carbocycles. The minimum Gasteiger partial charge on any atom is -0.312 e. The number of fused-ring (bicyclic) bond motifs is 1. The molecule has 0 atom stereocenters. The van der Waals surface area contributed by atoms with Crippen LogP contribution in [0, 0.1) is 6.92 Å². The number of para-hydroxylation sites is 1. The van der Waals surface area contributed by atoms with E-state index in [1.807, 2.05) is 4.90 Å². The van der Waals surface area contributed by atoms with Crippen molar-refractivity contribution in [2.45, 2.75) is 32.6 Å². The van der Waals surface area contributed by atoms with Crippen LogP contribution in [0.5, 0.6) is 0 Å². The van der Waals surface area contributed by atoms with E-state index in [0.29, 0.717) is 12.3 Å². The molecule has 0 N–H and O–H groups in total. The van der Waals surface area contributed by atoms with Crippen LogP contribution in [0.15, 0.2) is 18.2 Å². The van der Waals surface area contributed by atoms with Crippen molar-refractivity contribution >= 4 is 23.2 Å². The van der Waals surface area contributed by atoms with Gasteiger partial charge in [-0.3, -0.25) is 4.79 Å². The molecule has 0 unspecified atom stereocenters. The molecule has 17 heavy (non-hydrogen) atoms. The molecule has 1 aromatic rings. The van der Waals surface area contributed by atoms with Crippen LogP contribution in [-0.4, -0.2) is 18.3 Å². The van der Waals surface area contributed by atoms with E-state index in [1.54, 1.807) is 0 Å². The van der Waals surface area contributed by atoms with Gasteiger partial charge in [-0.2, -0.15) is 0 Å². The lowest BCUT2D eigenvalue weighted by molar-refractivity contribution is -0.118. The van der Waals surface area contributed by atoms with E-state index in [4.69, 9.17) is 11.6 Å². The lowest BCUT2D eigenvalue weighted by Gasteiger charge is -2.31. The maximum Gasteiger partial charge on any atom is 0.227 e. The van der Waals surface area contributed by atoms with Gasteiger partial charge in [0.2, 0.25) is 5.91 Å². The van der Waals surface area contributed by atoms with Crippen LogP contribution in [0.25, 0.3) is 0 Å². The van der Waals surface area contributed by atoms with Crippen molar-refractivity contribution in [1.82, 2.24) is 0 Å². The van der Waals surface area contributed by atoms with Crippen LogP contribution < -0.4 is 4.90 Å². The summed E-state index contributed by atoms with van der Waals surface area (Å²) in [5.41, 5.74) is 3.63. The standard InChI is InChI=1S/C14H18ClNO/c1-11-5-2-6-12-7-4-10-16(14(11)12)13(17)8-3-9-15/h2,5-6H,3-4,7-10H2,1H3. The first kappa shape index (κ1) is 12.4. The van der Waals surface area contributed by atoms with Crippen molar-refractivity contribution in [3.63, 3.8) is 0 Å². The number of anilines is 1. The monoisotopic (exact) mass is 251 g/mol. The first-order valence-corrected chi connectivity index (χ1v) is 6.72. The van der Waals surface area contributed by atoms with Gasteiger partial charge in [-0.25, -0.2) is 0 Å². The first-order valence-electron chi connectivity index (χ1n) is 6.19. The minimum atomic E-state index is 0.209. The fourth-order valence-electron chi connectivity index (χ4n) is 2.45. The third kappa shape index (κ3) is 2.63. The molecule has 3 heteroatoms. The average molecular weight is 252 g/mol. The van der Waals surface area contributed by atoms with Gasteiger partial charge in [-0.1, -0.05) is 18.2 Å². The molecule has 0 fully saturated rings. The smallest absolute Gasteiger partial charge is 0.227 e. The van der Waals surface area contributed by atoms with Crippen molar-refractivity contribution in [2.24, 2.45) is 0 Å². The van der Waals surface area contributed by atoms with Gasteiger partial charge in [0.25, 0.3) is 0 Å². The zero-order valence-electron chi connectivity index (χ0n) is 10.2. The average Bonchev–Trinajstić information content (AvgIpc) is 2.35. The second-order valence-corrected chi connectivity index (χ2v) is 4.90. The number of aryl methyl sites for hydroxylation is 2. The van der Waals surface area contributed by atoms with Crippen LogP contribution in [-0.2, 0) is 11.2 Å². The molecule has 1 aliphatic heterocycles. The summed E-state index contributed by atoms with van der Waals surface area (Å²) in [5.74, 6) is 0.765. The number of amides is 1. The van der Waals surface area contributed by atoms with E-state index in [2.05, 4.69) is 25.1 Å². The van der Waals surface area contributed by atoms with Crippen LogP contribution in [0.3, 0.4) is 0 Å². The summed E-state index contributed by atoms with van der Waals surface area (Å²) < 4.78 is 0. The number of halogens is 1. The first-order chi connectivity index (χ1) is 8.24. The molecule has 92 valence electrons. The minimum absolute atomic E-state index is 0.209. The van der Waals surface area contributed by atoms with Crippen molar-refractivity contribution in [2.75, 3.05) is 17.3 Å². The fourth-order valence-corrected chi connectivity index (χ4v) is 2.58. The van der Waals surface area contributed by atoms with Crippen LogP contribution in [0.1, 0.15) is 30.4 Å². The Morgan fingerprint density at radius 2 is 2.29 bits per heavy atom. The number of alkyl halides is 1. The van der Waals surface area contributed by atoms with E-state index >= 15 is 0 Å². The number of benzene rings is 1. The highest BCUT2D eigenvalue weighted by Crippen LogP contribution is 2.30. The van der Waals surface area contributed by atoms with Crippen molar-refractivity contribution in [3.8, 4) is 0 Å². The Kier molecular flexibility index (Phi) is 4.06. The lowest BCUT2D eigenvalue weighted by Crippen LogP contribution is -2.36. The third-order valence-corrected chi connectivity index (χ3v) is 3.51. The molecule has 0 saturated heterocycles. The quantitative estimate of drug-likeness (QED) is 0.755. The van der Waals surface area contributed by atoms with E-state index in [-0.39, 0.29) is 5.91 Å². The molecule has 2 rings (SSSR count). The summed E-state index contributed by atoms with van der Waals surface area (Å²) in [7, 11) is 0. The van der Waals surface area contributed by atoms with E-state index in [0.717, 1.165) is 31.5 Å². The van der Waals surface area contributed by atoms with Crippen molar-refractivity contribution in [1.29, 1.82) is 0 Å². The predicted molar refractivity (Wildman–Crippen MR) is 71.8 cm³/mol. The molecule has 2 nitrogen and oxygen atoms in total. The van der Waals surface area contributed by atoms with Gasteiger partial charge in [0, 0.05) is 24.5 Å². The van der Waals surface area contributed by atoms with E-state index < -0.39 is 0 Å². The zero-order chi connectivity index (χ0) is 12.3. The highest BCUT2D eigenvalue weighted by molar-refractivity contribution is 6.18. The maximum atomic E-state index is 12.1. The van der Waals surface area contributed by atoms with Gasteiger partial charge in [0.05, 0.1) is 0 Å². The van der Waals surface area contributed by atoms with Gasteiger partial charge in [0.15, 0.2) is 0 Å². The normalized spacial score (nSPS) is 14.6. The van der Waals surface area contributed by atoms with Gasteiger partial charge < -0.3 is 4.90 Å². The molecule has 0 spiro atoms. The summed E-state index contributed by atoms with van der Waals surface area (Å²) in [6, 6.07) is 6.27. The Bertz CT molecular complexity index is 417. The highest BCUT2D eigenvalue weighted by atomic mass is 35.5. The number of hydrogen-bond donors (Lipinski definition) is 0. The number of carbonyl (C=O) groups excluding carboxylic acids is 1. The predicted octanol–water partition coefficient (Wildman–Crippen LogP) is 3.29. The summed E-state index contributed by atoms with van der Waals surface area (Å²) >= 11 is 5.65. The molecular weight excluding hydrogens is 234 g/mol. The van der Waals surface area contributed by atoms with Gasteiger partial charge in [0.1, 0.15) is 0 Å². The number of carbonyl (C=O) groups is 1. The number of hydrogen-bond acceptors (Lipinski definition) is 1. The Labute approximate surface area is 108 Å². The molecule has 0 bridgehead atoms. The fraction of sp³-hybridized carbons (Fsp3) is 0.500. The van der Waals surface area contributed by atoms with Gasteiger partial charge in [-0.15, -0.1) is 11.6 Å². The SMILES string of the molecule is Cc1cccc2c1N(C(=O)CCCCl)CCC2. The van der Waals surface area contributed by atoms with Gasteiger partial charge >= 0.3 is 0 Å². The Morgan fingerprint density at radius 1 is 1.47 bits per heavy atom. The molecule has 1 aliphatic rings. The van der Waals surface area contributed by atoms with E-state index in [9.17, 15) is 4.79 Å². The summed E-state index contributed by atoms with van der Waals surface area (Å²) in [6.07, 6.45) is 3.45. The lowest BCUT2D eigenvalue weighted by atomic mass is 9.98. The van der Waals surface area contributed by atoms with Crippen LogP contribution in [0.2, 0.25) is 0 Å². The molecule has 0 aliphatic carbocycles. The summed E-state index contributed by atoms with van der Waals surface area (Å²) in [6.45, 7) is 2.92. The molecule has 1 aromatic carbocycles. The summed E-state index contributed by atoms with van der Waals surface area (Å²) in [5, 5.41) is 0. The topological polar surface area (TPSA) is 20.3 Å². The number of rotatable bonds is 3. The Morgan fingerprint density at radius 3 is 3.06 bits per heavy atom. The zero-order valence-corrected chi connectivity index (χ0v) is 11.0. The molecule has 1 heterocycles. The molecule has 0 aromatic heterocycles. The van der Waals surface area contributed by atoms with E-state index in [1.165, 1.54) is 11.1 Å². The van der Waals surface area contributed by atoms with Gasteiger partial charge in [-0.05, 0) is 37.3 Å². The number of nitrogens with zero attached hydrogens (tertiary/aromatic N) is 1. The van der Waals surface area contributed by atoms with Crippen LogP contribution in [0.4, 0.5) is 5.69 Å².